The Morgan fingerprint density at radius 2 is 1.00 bits per heavy atom. The number of hydrogen-bond acceptors (Lipinski definition) is 0. The van der Waals surface area contributed by atoms with E-state index in [1.165, 1.54) is 19.1 Å². The van der Waals surface area contributed by atoms with Crippen LogP contribution >= 0.6 is 22.6 Å². The summed E-state index contributed by atoms with van der Waals surface area (Å²) in [6.07, 6.45) is 0. The van der Waals surface area contributed by atoms with Gasteiger partial charge in [-0.15, -0.1) is 0 Å². The van der Waals surface area contributed by atoms with Gasteiger partial charge in [-0.1, -0.05) is 89.2 Å². The van der Waals surface area contributed by atoms with Crippen molar-refractivity contribution in [2.24, 2.45) is 0 Å². The third kappa shape index (κ3) is 2.86. The Hall–Kier alpha value is -1.39. The van der Waals surface area contributed by atoms with Crippen molar-refractivity contribution in [2.75, 3.05) is 0 Å². The standard InChI is InChI=1S/C18H15ISi/c19-17-13-7-8-14-18(17)20(15-9-3-1-4-10-15)16-11-5-2-6-12-16/h1-14,20H. The molecule has 3 aromatic rings. The third-order valence-electron chi connectivity index (χ3n) is 3.48. The van der Waals surface area contributed by atoms with Gasteiger partial charge in [-0.25, -0.2) is 0 Å². The summed E-state index contributed by atoms with van der Waals surface area (Å²) in [7, 11) is -1.36. The van der Waals surface area contributed by atoms with Crippen molar-refractivity contribution in [3.8, 4) is 0 Å². The average Bonchev–Trinajstić information content (AvgIpc) is 2.52. The second kappa shape index (κ2) is 6.37. The lowest BCUT2D eigenvalue weighted by Crippen LogP contribution is -2.52. The minimum absolute atomic E-state index is 1.36. The van der Waals surface area contributed by atoms with Crippen molar-refractivity contribution in [1.82, 2.24) is 0 Å². The van der Waals surface area contributed by atoms with Crippen LogP contribution in [0.25, 0.3) is 0 Å². The zero-order valence-corrected chi connectivity index (χ0v) is 14.4. The zero-order valence-electron chi connectivity index (χ0n) is 11.0. The van der Waals surface area contributed by atoms with Crippen LogP contribution in [0.1, 0.15) is 0 Å². The van der Waals surface area contributed by atoms with Crippen LogP contribution < -0.4 is 15.6 Å². The fourth-order valence-electron chi connectivity index (χ4n) is 2.55. The lowest BCUT2D eigenvalue weighted by molar-refractivity contribution is 1.68. The molecule has 0 aliphatic rings. The largest absolute Gasteiger partial charge is 0.134 e. The van der Waals surface area contributed by atoms with Crippen molar-refractivity contribution < 1.29 is 0 Å². The van der Waals surface area contributed by atoms with E-state index in [-0.39, 0.29) is 0 Å². The highest BCUT2D eigenvalue weighted by Gasteiger charge is 2.20. The molecule has 98 valence electrons. The quantitative estimate of drug-likeness (QED) is 0.369. The Morgan fingerprint density at radius 3 is 1.50 bits per heavy atom. The van der Waals surface area contributed by atoms with Crippen molar-refractivity contribution in [3.05, 3.63) is 88.5 Å². The summed E-state index contributed by atoms with van der Waals surface area (Å²) < 4.78 is 1.37. The smallest absolute Gasteiger partial charge is 0.0625 e. The van der Waals surface area contributed by atoms with E-state index in [9.17, 15) is 0 Å². The predicted molar refractivity (Wildman–Crippen MR) is 98.1 cm³/mol. The molecular formula is C18H15ISi. The highest BCUT2D eigenvalue weighted by atomic mass is 127. The zero-order chi connectivity index (χ0) is 13.8. The first-order valence-electron chi connectivity index (χ1n) is 6.70. The van der Waals surface area contributed by atoms with Crippen LogP contribution in [0.15, 0.2) is 84.9 Å². The molecule has 0 saturated carbocycles. The van der Waals surface area contributed by atoms with Gasteiger partial charge in [-0.3, -0.25) is 0 Å². The Balaban J connectivity index is 2.17. The summed E-state index contributed by atoms with van der Waals surface area (Å²) in [5, 5.41) is 4.45. The van der Waals surface area contributed by atoms with Crippen LogP contribution in [0.5, 0.6) is 0 Å². The molecule has 0 bridgehead atoms. The summed E-state index contributed by atoms with van der Waals surface area (Å²) >= 11 is 2.46. The number of halogens is 1. The Labute approximate surface area is 135 Å². The fraction of sp³-hybridized carbons (Fsp3) is 0. The van der Waals surface area contributed by atoms with E-state index in [0.717, 1.165) is 0 Å². The van der Waals surface area contributed by atoms with Gasteiger partial charge < -0.3 is 0 Å². The van der Waals surface area contributed by atoms with E-state index in [1.807, 2.05) is 0 Å². The van der Waals surface area contributed by atoms with Crippen molar-refractivity contribution in [2.45, 2.75) is 0 Å². The molecule has 0 unspecified atom stereocenters. The molecule has 2 heteroatoms. The Bertz CT molecular complexity index is 641. The molecule has 0 saturated heterocycles. The molecule has 0 spiro atoms. The minimum atomic E-state index is -1.36. The lowest BCUT2D eigenvalue weighted by atomic mass is 10.3. The molecule has 3 rings (SSSR count). The van der Waals surface area contributed by atoms with E-state index < -0.39 is 8.80 Å². The van der Waals surface area contributed by atoms with Gasteiger partial charge in [0.15, 0.2) is 0 Å². The lowest BCUT2D eigenvalue weighted by Gasteiger charge is -2.18. The first-order valence-corrected chi connectivity index (χ1v) is 9.51. The maximum Gasteiger partial charge on any atom is 0.134 e. The van der Waals surface area contributed by atoms with Crippen LogP contribution in [0.4, 0.5) is 0 Å². The highest BCUT2D eigenvalue weighted by Crippen LogP contribution is 2.03. The van der Waals surface area contributed by atoms with E-state index >= 15 is 0 Å². The van der Waals surface area contributed by atoms with Gasteiger partial charge in [0, 0.05) is 3.57 Å². The molecule has 0 radical (unpaired) electrons. The molecule has 20 heavy (non-hydrogen) atoms. The first kappa shape index (κ1) is 13.6. The SMILES string of the molecule is Ic1ccccc1[SiH](c1ccccc1)c1ccccc1. The monoisotopic (exact) mass is 386 g/mol. The molecule has 0 N–H and O–H groups in total. The van der Waals surface area contributed by atoms with Gasteiger partial charge in [-0.2, -0.15) is 0 Å². The topological polar surface area (TPSA) is 0 Å². The van der Waals surface area contributed by atoms with Crippen molar-refractivity contribution in [3.63, 3.8) is 0 Å². The average molecular weight is 386 g/mol. The molecule has 0 fully saturated rings. The van der Waals surface area contributed by atoms with Gasteiger partial charge in [0.1, 0.15) is 8.80 Å². The third-order valence-corrected chi connectivity index (χ3v) is 8.28. The second-order valence-corrected chi connectivity index (χ2v) is 8.76. The van der Waals surface area contributed by atoms with Gasteiger partial charge in [0.25, 0.3) is 0 Å². The molecule has 3 aromatic carbocycles. The van der Waals surface area contributed by atoms with E-state index in [4.69, 9.17) is 0 Å². The molecule has 0 amide bonds. The summed E-state index contributed by atoms with van der Waals surface area (Å²) in [4.78, 5) is 0. The second-order valence-electron chi connectivity index (χ2n) is 4.78. The van der Waals surface area contributed by atoms with E-state index in [1.54, 1.807) is 0 Å². The number of benzene rings is 3. The van der Waals surface area contributed by atoms with Crippen LogP contribution in [0.3, 0.4) is 0 Å². The Kier molecular flexibility index (Phi) is 4.33. The van der Waals surface area contributed by atoms with Gasteiger partial charge in [0.05, 0.1) is 0 Å². The number of rotatable bonds is 3. The van der Waals surface area contributed by atoms with Gasteiger partial charge >= 0.3 is 0 Å². The summed E-state index contributed by atoms with van der Waals surface area (Å²) in [6.45, 7) is 0. The fourth-order valence-corrected chi connectivity index (χ4v) is 6.87. The Morgan fingerprint density at radius 1 is 0.550 bits per heavy atom. The summed E-state index contributed by atoms with van der Waals surface area (Å²) in [6, 6.07) is 30.6. The van der Waals surface area contributed by atoms with Gasteiger partial charge in [0.2, 0.25) is 0 Å². The predicted octanol–water partition coefficient (Wildman–Crippen LogP) is 2.54. The van der Waals surface area contributed by atoms with Gasteiger partial charge in [-0.05, 0) is 33.8 Å². The maximum atomic E-state index is 2.46. The minimum Gasteiger partial charge on any atom is -0.0625 e. The molecule has 0 atom stereocenters. The van der Waals surface area contributed by atoms with E-state index in [0.29, 0.717) is 0 Å². The molecule has 0 nitrogen and oxygen atoms in total. The van der Waals surface area contributed by atoms with Crippen molar-refractivity contribution >= 4 is 46.9 Å². The summed E-state index contributed by atoms with van der Waals surface area (Å²) in [5.41, 5.74) is 0. The van der Waals surface area contributed by atoms with Crippen molar-refractivity contribution in [1.29, 1.82) is 0 Å². The molecule has 0 aromatic heterocycles. The van der Waals surface area contributed by atoms with Crippen LogP contribution in [0.2, 0.25) is 0 Å². The normalized spacial score (nSPS) is 10.7. The van der Waals surface area contributed by atoms with Crippen LogP contribution in [-0.4, -0.2) is 8.80 Å². The summed E-state index contributed by atoms with van der Waals surface area (Å²) in [5.74, 6) is 0. The molecule has 0 aliphatic heterocycles. The molecular weight excluding hydrogens is 371 g/mol. The number of hydrogen-bond donors (Lipinski definition) is 0. The molecule has 0 aliphatic carbocycles. The van der Waals surface area contributed by atoms with Crippen LogP contribution in [0, 0.1) is 3.57 Å². The molecule has 0 heterocycles. The maximum absolute atomic E-state index is 2.46. The highest BCUT2D eigenvalue weighted by molar-refractivity contribution is 14.1. The van der Waals surface area contributed by atoms with E-state index in [2.05, 4.69) is 108 Å². The van der Waals surface area contributed by atoms with Crippen LogP contribution in [-0.2, 0) is 0 Å². The first-order chi connectivity index (χ1) is 9.86.